The van der Waals surface area contributed by atoms with Crippen LogP contribution in [0, 0.1) is 0 Å². The van der Waals surface area contributed by atoms with Crippen LogP contribution in [0.4, 0.5) is 0 Å². The number of hydrogen-bond donors (Lipinski definition) is 1. The molecule has 0 heterocycles. The number of nitrogens with two attached hydrogens (primary N) is 1. The molecular weight excluding hydrogens is 316 g/mol. The standard InChI is InChI=1S/C16H27BrN2O/c1-5-15(18)16(13-7-6-8-14(17)11-13)19(4)9-10-20-12(2)3/h6-8,11-12,15-16H,5,9-10,18H2,1-4H3. The van der Waals surface area contributed by atoms with Gasteiger partial charge in [-0.2, -0.15) is 0 Å². The smallest absolute Gasteiger partial charge is 0.0597 e. The van der Waals surface area contributed by atoms with Gasteiger partial charge in [0.15, 0.2) is 0 Å². The normalized spacial score (nSPS) is 14.8. The highest BCUT2D eigenvalue weighted by molar-refractivity contribution is 9.10. The van der Waals surface area contributed by atoms with Crippen molar-refractivity contribution in [2.75, 3.05) is 20.2 Å². The maximum atomic E-state index is 6.33. The van der Waals surface area contributed by atoms with Gasteiger partial charge < -0.3 is 10.5 Å². The van der Waals surface area contributed by atoms with Gasteiger partial charge in [0.2, 0.25) is 0 Å². The Kier molecular flexibility index (Phi) is 7.74. The first-order valence-corrected chi connectivity index (χ1v) is 8.07. The van der Waals surface area contributed by atoms with Crippen LogP contribution in [0.25, 0.3) is 0 Å². The van der Waals surface area contributed by atoms with Crippen LogP contribution < -0.4 is 5.73 Å². The van der Waals surface area contributed by atoms with Gasteiger partial charge in [-0.3, -0.25) is 4.90 Å². The van der Waals surface area contributed by atoms with Gasteiger partial charge in [0.05, 0.1) is 12.7 Å². The number of ether oxygens (including phenoxy) is 1. The minimum Gasteiger partial charge on any atom is -0.377 e. The monoisotopic (exact) mass is 342 g/mol. The molecule has 0 spiro atoms. The average Bonchev–Trinajstić information content (AvgIpc) is 2.38. The molecule has 0 aliphatic heterocycles. The van der Waals surface area contributed by atoms with Gasteiger partial charge in [0, 0.05) is 23.1 Å². The number of halogens is 1. The summed E-state index contributed by atoms with van der Waals surface area (Å²) in [6.45, 7) is 7.86. The summed E-state index contributed by atoms with van der Waals surface area (Å²) in [5.41, 5.74) is 7.58. The first-order chi connectivity index (χ1) is 9.45. The fourth-order valence-electron chi connectivity index (χ4n) is 2.31. The van der Waals surface area contributed by atoms with E-state index in [2.05, 4.69) is 66.8 Å². The van der Waals surface area contributed by atoms with E-state index in [0.717, 1.165) is 24.0 Å². The summed E-state index contributed by atoms with van der Waals surface area (Å²) in [5, 5.41) is 0. The van der Waals surface area contributed by atoms with E-state index in [-0.39, 0.29) is 18.2 Å². The Hall–Kier alpha value is -0.420. The molecule has 2 N–H and O–H groups in total. The summed E-state index contributed by atoms with van der Waals surface area (Å²) in [6.07, 6.45) is 1.22. The maximum Gasteiger partial charge on any atom is 0.0597 e. The Bertz CT molecular complexity index is 398. The molecule has 4 heteroatoms. The molecule has 0 aliphatic rings. The molecule has 0 saturated heterocycles. The first kappa shape index (κ1) is 17.6. The molecule has 0 aliphatic carbocycles. The van der Waals surface area contributed by atoms with Crippen LogP contribution in [-0.2, 0) is 4.74 Å². The van der Waals surface area contributed by atoms with Crippen LogP contribution in [-0.4, -0.2) is 37.2 Å². The lowest BCUT2D eigenvalue weighted by Crippen LogP contribution is -2.40. The Morgan fingerprint density at radius 1 is 1.35 bits per heavy atom. The van der Waals surface area contributed by atoms with Crippen molar-refractivity contribution in [3.05, 3.63) is 34.3 Å². The molecule has 1 rings (SSSR count). The highest BCUT2D eigenvalue weighted by Crippen LogP contribution is 2.26. The van der Waals surface area contributed by atoms with E-state index in [1.165, 1.54) is 5.56 Å². The van der Waals surface area contributed by atoms with Crippen LogP contribution in [0.2, 0.25) is 0 Å². The molecule has 20 heavy (non-hydrogen) atoms. The van der Waals surface area contributed by atoms with E-state index >= 15 is 0 Å². The van der Waals surface area contributed by atoms with E-state index in [0.29, 0.717) is 0 Å². The number of benzene rings is 1. The average molecular weight is 343 g/mol. The molecule has 0 aromatic heterocycles. The van der Waals surface area contributed by atoms with E-state index < -0.39 is 0 Å². The van der Waals surface area contributed by atoms with Crippen LogP contribution in [0.5, 0.6) is 0 Å². The van der Waals surface area contributed by atoms with Crippen molar-refractivity contribution >= 4 is 15.9 Å². The Morgan fingerprint density at radius 3 is 2.60 bits per heavy atom. The zero-order valence-corrected chi connectivity index (χ0v) is 14.6. The molecule has 1 aromatic rings. The predicted octanol–water partition coefficient (Wildman–Crippen LogP) is 3.58. The molecule has 3 nitrogen and oxygen atoms in total. The Balaban J connectivity index is 2.78. The second-order valence-corrected chi connectivity index (χ2v) is 6.39. The quantitative estimate of drug-likeness (QED) is 0.784. The molecule has 0 amide bonds. The summed E-state index contributed by atoms with van der Waals surface area (Å²) < 4.78 is 6.74. The topological polar surface area (TPSA) is 38.5 Å². The SMILES string of the molecule is CCC(N)C(c1cccc(Br)c1)N(C)CCOC(C)C. The van der Waals surface area contributed by atoms with Gasteiger partial charge >= 0.3 is 0 Å². The van der Waals surface area contributed by atoms with E-state index in [9.17, 15) is 0 Å². The number of likely N-dealkylation sites (N-methyl/N-ethyl adjacent to an activating group) is 1. The molecule has 2 unspecified atom stereocenters. The van der Waals surface area contributed by atoms with Crippen LogP contribution in [0.15, 0.2) is 28.7 Å². The fraction of sp³-hybridized carbons (Fsp3) is 0.625. The molecule has 114 valence electrons. The van der Waals surface area contributed by atoms with Crippen molar-refractivity contribution in [3.63, 3.8) is 0 Å². The molecule has 0 saturated carbocycles. The molecule has 0 fully saturated rings. The van der Waals surface area contributed by atoms with Crippen LogP contribution in [0.1, 0.15) is 38.8 Å². The second kappa shape index (κ2) is 8.78. The summed E-state index contributed by atoms with van der Waals surface area (Å²) in [5.74, 6) is 0. The summed E-state index contributed by atoms with van der Waals surface area (Å²) in [7, 11) is 2.12. The molecular formula is C16H27BrN2O. The lowest BCUT2D eigenvalue weighted by atomic mass is 9.97. The van der Waals surface area contributed by atoms with E-state index in [4.69, 9.17) is 10.5 Å². The highest BCUT2D eigenvalue weighted by atomic mass is 79.9. The summed E-state index contributed by atoms with van der Waals surface area (Å²) in [6, 6.07) is 8.74. The van der Waals surface area contributed by atoms with Crippen molar-refractivity contribution < 1.29 is 4.74 Å². The van der Waals surface area contributed by atoms with Gasteiger partial charge in [-0.25, -0.2) is 0 Å². The van der Waals surface area contributed by atoms with Crippen molar-refractivity contribution in [1.29, 1.82) is 0 Å². The zero-order chi connectivity index (χ0) is 15.1. The van der Waals surface area contributed by atoms with Gasteiger partial charge in [0.1, 0.15) is 0 Å². The lowest BCUT2D eigenvalue weighted by molar-refractivity contribution is 0.0527. The minimum atomic E-state index is 0.119. The van der Waals surface area contributed by atoms with Crippen molar-refractivity contribution in [2.45, 2.75) is 45.4 Å². The second-order valence-electron chi connectivity index (χ2n) is 5.47. The third kappa shape index (κ3) is 5.52. The van der Waals surface area contributed by atoms with Crippen LogP contribution in [0.3, 0.4) is 0 Å². The lowest BCUT2D eigenvalue weighted by Gasteiger charge is -2.33. The van der Waals surface area contributed by atoms with Crippen molar-refractivity contribution in [1.82, 2.24) is 4.90 Å². The number of nitrogens with zero attached hydrogens (tertiary/aromatic N) is 1. The largest absolute Gasteiger partial charge is 0.377 e. The van der Waals surface area contributed by atoms with Crippen LogP contribution >= 0.6 is 15.9 Å². The maximum absolute atomic E-state index is 6.33. The highest BCUT2D eigenvalue weighted by Gasteiger charge is 2.23. The summed E-state index contributed by atoms with van der Waals surface area (Å²) >= 11 is 3.54. The van der Waals surface area contributed by atoms with Gasteiger partial charge in [-0.05, 0) is 45.0 Å². The predicted molar refractivity (Wildman–Crippen MR) is 88.9 cm³/mol. The third-order valence-electron chi connectivity index (χ3n) is 3.44. The molecule has 1 aromatic carbocycles. The number of rotatable bonds is 8. The van der Waals surface area contributed by atoms with Gasteiger partial charge in [0.25, 0.3) is 0 Å². The fourth-order valence-corrected chi connectivity index (χ4v) is 2.73. The van der Waals surface area contributed by atoms with Crippen molar-refractivity contribution in [3.8, 4) is 0 Å². The Labute approximate surface area is 131 Å². The summed E-state index contributed by atoms with van der Waals surface area (Å²) in [4.78, 5) is 2.29. The Morgan fingerprint density at radius 2 is 2.05 bits per heavy atom. The molecule has 0 radical (unpaired) electrons. The minimum absolute atomic E-state index is 0.119. The van der Waals surface area contributed by atoms with E-state index in [1.807, 2.05) is 6.07 Å². The van der Waals surface area contributed by atoms with Crippen molar-refractivity contribution in [2.24, 2.45) is 5.73 Å². The van der Waals surface area contributed by atoms with Gasteiger partial charge in [-0.1, -0.05) is 35.0 Å². The molecule has 0 bridgehead atoms. The third-order valence-corrected chi connectivity index (χ3v) is 3.93. The molecule has 2 atom stereocenters. The van der Waals surface area contributed by atoms with E-state index in [1.54, 1.807) is 0 Å². The van der Waals surface area contributed by atoms with Gasteiger partial charge in [-0.15, -0.1) is 0 Å². The first-order valence-electron chi connectivity index (χ1n) is 7.28. The zero-order valence-electron chi connectivity index (χ0n) is 13.0. The number of hydrogen-bond acceptors (Lipinski definition) is 3.